The normalized spacial score (nSPS) is 16.4. The van der Waals surface area contributed by atoms with Crippen LogP contribution in [0.1, 0.15) is 25.7 Å². The number of urea groups is 1. The predicted molar refractivity (Wildman–Crippen MR) is 65.8 cm³/mol. The summed E-state index contributed by atoms with van der Waals surface area (Å²) in [5.41, 5.74) is 0.416. The molecule has 0 aliphatic heterocycles. The van der Waals surface area contributed by atoms with Crippen molar-refractivity contribution in [2.45, 2.75) is 31.7 Å². The molecule has 2 rings (SSSR count). The van der Waals surface area contributed by atoms with Gasteiger partial charge in [-0.1, -0.05) is 6.07 Å². The molecule has 4 nitrogen and oxygen atoms in total. The fraction of sp³-hybridized carbons (Fsp3) is 0.385. The van der Waals surface area contributed by atoms with Crippen molar-refractivity contribution in [2.24, 2.45) is 0 Å². The Morgan fingerprint density at radius 2 is 2.00 bits per heavy atom. The van der Waals surface area contributed by atoms with Crippen molar-refractivity contribution in [3.05, 3.63) is 30.1 Å². The van der Waals surface area contributed by atoms with E-state index in [9.17, 15) is 14.0 Å². The second-order valence-corrected chi connectivity index (χ2v) is 4.42. The number of halogens is 1. The van der Waals surface area contributed by atoms with Crippen LogP contribution in [0.3, 0.4) is 0 Å². The number of benzene rings is 1. The molecule has 0 spiro atoms. The number of amides is 2. The van der Waals surface area contributed by atoms with Crippen LogP contribution in [-0.2, 0) is 4.79 Å². The van der Waals surface area contributed by atoms with Crippen LogP contribution in [0.15, 0.2) is 24.3 Å². The molecule has 96 valence electrons. The highest BCUT2D eigenvalue weighted by molar-refractivity contribution is 5.89. The van der Waals surface area contributed by atoms with Crippen LogP contribution < -0.4 is 10.6 Å². The van der Waals surface area contributed by atoms with Gasteiger partial charge in [-0.2, -0.15) is 0 Å². The molecule has 1 aromatic carbocycles. The van der Waals surface area contributed by atoms with E-state index in [0.29, 0.717) is 31.4 Å². The molecule has 0 aromatic heterocycles. The van der Waals surface area contributed by atoms with Crippen LogP contribution in [0.2, 0.25) is 0 Å². The molecule has 0 bridgehead atoms. The van der Waals surface area contributed by atoms with Gasteiger partial charge in [-0.05, 0) is 31.0 Å². The number of rotatable bonds is 2. The summed E-state index contributed by atoms with van der Waals surface area (Å²) in [6, 6.07) is 5.38. The van der Waals surface area contributed by atoms with Gasteiger partial charge in [0, 0.05) is 24.6 Å². The molecule has 1 saturated carbocycles. The van der Waals surface area contributed by atoms with Crippen molar-refractivity contribution in [2.75, 3.05) is 5.32 Å². The highest BCUT2D eigenvalue weighted by Crippen LogP contribution is 2.15. The van der Waals surface area contributed by atoms with E-state index in [0.717, 1.165) is 0 Å². The fourth-order valence-electron chi connectivity index (χ4n) is 2.00. The lowest BCUT2D eigenvalue weighted by Gasteiger charge is -2.22. The molecule has 1 aliphatic rings. The van der Waals surface area contributed by atoms with Gasteiger partial charge in [-0.3, -0.25) is 4.79 Å². The first-order valence-corrected chi connectivity index (χ1v) is 5.98. The molecule has 0 saturated heterocycles. The highest BCUT2D eigenvalue weighted by Gasteiger charge is 2.20. The second kappa shape index (κ2) is 5.62. The summed E-state index contributed by atoms with van der Waals surface area (Å²) in [5.74, 6) is -0.144. The summed E-state index contributed by atoms with van der Waals surface area (Å²) in [4.78, 5) is 22.7. The number of carbonyl (C=O) groups is 2. The number of nitrogens with one attached hydrogen (secondary N) is 2. The molecule has 1 aromatic rings. The molecule has 0 radical (unpaired) electrons. The molecule has 18 heavy (non-hydrogen) atoms. The first-order valence-electron chi connectivity index (χ1n) is 5.98. The largest absolute Gasteiger partial charge is 0.335 e. The Balaban J connectivity index is 1.83. The summed E-state index contributed by atoms with van der Waals surface area (Å²) in [6.45, 7) is 0. The van der Waals surface area contributed by atoms with Crippen molar-refractivity contribution in [3.63, 3.8) is 0 Å². The number of carbonyl (C=O) groups excluding carboxylic acids is 2. The summed E-state index contributed by atoms with van der Waals surface area (Å²) in [6.07, 6.45) is 2.39. The summed E-state index contributed by atoms with van der Waals surface area (Å²) < 4.78 is 12.9. The monoisotopic (exact) mass is 250 g/mol. The maximum absolute atomic E-state index is 12.9. The van der Waals surface area contributed by atoms with E-state index in [-0.39, 0.29) is 17.9 Å². The van der Waals surface area contributed by atoms with Gasteiger partial charge >= 0.3 is 6.03 Å². The third-order valence-electron chi connectivity index (χ3n) is 2.96. The first kappa shape index (κ1) is 12.5. The van der Waals surface area contributed by atoms with Gasteiger partial charge in [0.2, 0.25) is 0 Å². The topological polar surface area (TPSA) is 58.2 Å². The Morgan fingerprint density at radius 3 is 2.67 bits per heavy atom. The van der Waals surface area contributed by atoms with Gasteiger partial charge in [-0.25, -0.2) is 9.18 Å². The molecular formula is C13H15FN2O2. The van der Waals surface area contributed by atoms with Crippen LogP contribution in [0.4, 0.5) is 14.9 Å². The second-order valence-electron chi connectivity index (χ2n) is 4.42. The van der Waals surface area contributed by atoms with Crippen molar-refractivity contribution in [1.29, 1.82) is 0 Å². The van der Waals surface area contributed by atoms with Crippen LogP contribution >= 0.6 is 0 Å². The lowest BCUT2D eigenvalue weighted by Crippen LogP contribution is -2.40. The smallest absolute Gasteiger partial charge is 0.319 e. The molecule has 0 atom stereocenters. The number of Topliss-reactive ketones (excluding diaryl/α,β-unsaturated/α-hetero) is 1. The zero-order valence-corrected chi connectivity index (χ0v) is 9.91. The van der Waals surface area contributed by atoms with Crippen molar-refractivity contribution in [1.82, 2.24) is 5.32 Å². The minimum atomic E-state index is -0.393. The molecule has 2 N–H and O–H groups in total. The minimum Gasteiger partial charge on any atom is -0.335 e. The molecule has 0 unspecified atom stereocenters. The van der Waals surface area contributed by atoms with Gasteiger partial charge in [0.15, 0.2) is 0 Å². The van der Waals surface area contributed by atoms with Crippen LogP contribution in [0.25, 0.3) is 0 Å². The van der Waals surface area contributed by atoms with Crippen LogP contribution in [0, 0.1) is 5.82 Å². The Hall–Kier alpha value is -1.91. The predicted octanol–water partition coefficient (Wildman–Crippen LogP) is 2.46. The fourth-order valence-corrected chi connectivity index (χ4v) is 2.00. The Labute approximate surface area is 105 Å². The molecule has 2 amide bonds. The Morgan fingerprint density at radius 1 is 1.28 bits per heavy atom. The van der Waals surface area contributed by atoms with Crippen molar-refractivity contribution >= 4 is 17.5 Å². The van der Waals surface area contributed by atoms with Gasteiger partial charge in [0.25, 0.3) is 0 Å². The maximum Gasteiger partial charge on any atom is 0.319 e. The lowest BCUT2D eigenvalue weighted by atomic mass is 9.94. The SMILES string of the molecule is O=C1CCC(NC(=O)Nc2cccc(F)c2)CC1. The van der Waals surface area contributed by atoms with E-state index >= 15 is 0 Å². The molecule has 1 aliphatic carbocycles. The number of hydrogen-bond donors (Lipinski definition) is 2. The van der Waals surface area contributed by atoms with Gasteiger partial charge in [0.1, 0.15) is 11.6 Å². The summed E-state index contributed by atoms with van der Waals surface area (Å²) in [5, 5.41) is 5.35. The Kier molecular flexibility index (Phi) is 3.92. The molecular weight excluding hydrogens is 235 g/mol. The van der Waals surface area contributed by atoms with E-state index < -0.39 is 5.82 Å². The number of anilines is 1. The zero-order valence-electron chi connectivity index (χ0n) is 9.91. The third-order valence-corrected chi connectivity index (χ3v) is 2.96. The van der Waals surface area contributed by atoms with Gasteiger partial charge in [0.05, 0.1) is 0 Å². The van der Waals surface area contributed by atoms with Crippen LogP contribution in [-0.4, -0.2) is 17.9 Å². The number of ketones is 1. The van der Waals surface area contributed by atoms with E-state index in [1.54, 1.807) is 6.07 Å². The zero-order chi connectivity index (χ0) is 13.0. The third kappa shape index (κ3) is 3.55. The van der Waals surface area contributed by atoms with Gasteiger partial charge in [-0.15, -0.1) is 0 Å². The molecule has 0 heterocycles. The summed E-state index contributed by atoms with van der Waals surface area (Å²) >= 11 is 0. The Bertz CT molecular complexity index is 452. The minimum absolute atomic E-state index is 0.0243. The first-order chi connectivity index (χ1) is 8.63. The number of hydrogen-bond acceptors (Lipinski definition) is 2. The quantitative estimate of drug-likeness (QED) is 0.847. The van der Waals surface area contributed by atoms with Gasteiger partial charge < -0.3 is 10.6 Å². The lowest BCUT2D eigenvalue weighted by molar-refractivity contribution is -0.120. The van der Waals surface area contributed by atoms with Crippen molar-refractivity contribution < 1.29 is 14.0 Å². The van der Waals surface area contributed by atoms with Crippen LogP contribution in [0.5, 0.6) is 0 Å². The maximum atomic E-state index is 12.9. The van der Waals surface area contributed by atoms with E-state index in [1.807, 2.05) is 0 Å². The van der Waals surface area contributed by atoms with E-state index in [1.165, 1.54) is 18.2 Å². The molecule has 1 fully saturated rings. The van der Waals surface area contributed by atoms with Crippen molar-refractivity contribution in [3.8, 4) is 0 Å². The van der Waals surface area contributed by atoms with E-state index in [2.05, 4.69) is 10.6 Å². The summed E-state index contributed by atoms with van der Waals surface area (Å²) in [7, 11) is 0. The average Bonchev–Trinajstić information content (AvgIpc) is 2.32. The molecule has 5 heteroatoms. The highest BCUT2D eigenvalue weighted by atomic mass is 19.1. The van der Waals surface area contributed by atoms with E-state index in [4.69, 9.17) is 0 Å². The standard InChI is InChI=1S/C13H15FN2O2/c14-9-2-1-3-11(8-9)16-13(18)15-10-4-6-12(17)7-5-10/h1-3,8,10H,4-7H2,(H2,15,16,18). The average molecular weight is 250 g/mol.